The van der Waals surface area contributed by atoms with Gasteiger partial charge < -0.3 is 9.84 Å². The Balaban J connectivity index is 4.44. The highest BCUT2D eigenvalue weighted by Crippen LogP contribution is 2.33. The van der Waals surface area contributed by atoms with Crippen LogP contribution in [0.2, 0.25) is 0 Å². The molecule has 0 aromatic carbocycles. The van der Waals surface area contributed by atoms with E-state index in [-0.39, 0.29) is 18.5 Å². The first-order valence-electron chi connectivity index (χ1n) is 2.95. The molecule has 0 heterocycles. The van der Waals surface area contributed by atoms with Gasteiger partial charge in [0.25, 0.3) is 6.47 Å². The summed E-state index contributed by atoms with van der Waals surface area (Å²) in [6.07, 6.45) is 0.373. The van der Waals surface area contributed by atoms with E-state index in [1.807, 2.05) is 0 Å². The summed E-state index contributed by atoms with van der Waals surface area (Å²) in [5.41, 5.74) is -0.299. The monoisotopic (exact) mass is 246 g/mol. The Morgan fingerprint density at radius 1 is 1.46 bits per heavy atom. The SMILES string of the molecule is O=COC=C(CC(Cl)(Cl)Cl)C(=O)O. The Morgan fingerprint density at radius 3 is 2.31 bits per heavy atom. The molecule has 7 heteroatoms. The second-order valence-corrected chi connectivity index (χ2v) is 4.49. The maximum Gasteiger partial charge on any atom is 0.334 e. The molecule has 13 heavy (non-hydrogen) atoms. The van der Waals surface area contributed by atoms with E-state index >= 15 is 0 Å². The van der Waals surface area contributed by atoms with E-state index in [1.165, 1.54) is 0 Å². The normalized spacial score (nSPS) is 12.4. The van der Waals surface area contributed by atoms with Crippen LogP contribution < -0.4 is 0 Å². The van der Waals surface area contributed by atoms with Gasteiger partial charge in [-0.3, -0.25) is 4.79 Å². The second kappa shape index (κ2) is 5.32. The third kappa shape index (κ3) is 6.69. The number of carboxylic acid groups (broad SMARTS) is 1. The third-order valence-electron chi connectivity index (χ3n) is 0.931. The van der Waals surface area contributed by atoms with Crippen LogP contribution in [0.1, 0.15) is 6.42 Å². The van der Waals surface area contributed by atoms with E-state index in [0.29, 0.717) is 0 Å². The summed E-state index contributed by atoms with van der Waals surface area (Å²) in [7, 11) is 0. The molecule has 0 radical (unpaired) electrons. The van der Waals surface area contributed by atoms with Gasteiger partial charge in [-0.2, -0.15) is 0 Å². The van der Waals surface area contributed by atoms with Crippen molar-refractivity contribution in [3.05, 3.63) is 11.8 Å². The van der Waals surface area contributed by atoms with Gasteiger partial charge in [-0.1, -0.05) is 34.8 Å². The number of carbonyl (C=O) groups excluding carboxylic acids is 1. The first kappa shape index (κ1) is 12.6. The Labute approximate surface area is 89.0 Å². The van der Waals surface area contributed by atoms with Crippen LogP contribution in [0.4, 0.5) is 0 Å². The topological polar surface area (TPSA) is 63.6 Å². The third-order valence-corrected chi connectivity index (χ3v) is 1.33. The molecule has 0 aliphatic carbocycles. The summed E-state index contributed by atoms with van der Waals surface area (Å²) in [5, 5.41) is 8.52. The molecule has 0 bridgehead atoms. The van der Waals surface area contributed by atoms with Crippen molar-refractivity contribution in [3.8, 4) is 0 Å². The lowest BCUT2D eigenvalue weighted by molar-refractivity contribution is -0.133. The molecule has 0 saturated heterocycles. The smallest absolute Gasteiger partial charge is 0.334 e. The average Bonchev–Trinajstić information content (AvgIpc) is 1.95. The average molecular weight is 247 g/mol. The molecule has 0 fully saturated rings. The van der Waals surface area contributed by atoms with Crippen LogP contribution in [0.15, 0.2) is 11.8 Å². The molecule has 0 unspecified atom stereocenters. The van der Waals surface area contributed by atoms with Gasteiger partial charge >= 0.3 is 5.97 Å². The summed E-state index contributed by atoms with van der Waals surface area (Å²) in [5.74, 6) is -1.31. The number of halogens is 3. The summed E-state index contributed by atoms with van der Waals surface area (Å²) in [6, 6.07) is 0. The molecule has 0 rings (SSSR count). The van der Waals surface area contributed by atoms with Crippen LogP contribution in [0.25, 0.3) is 0 Å². The lowest BCUT2D eigenvalue weighted by Crippen LogP contribution is -2.10. The Bertz CT molecular complexity index is 231. The van der Waals surface area contributed by atoms with Crippen molar-refractivity contribution < 1.29 is 19.4 Å². The van der Waals surface area contributed by atoms with Crippen molar-refractivity contribution in [2.75, 3.05) is 0 Å². The molecule has 0 aromatic heterocycles. The zero-order valence-electron chi connectivity index (χ0n) is 6.17. The molecule has 0 amide bonds. The summed E-state index contributed by atoms with van der Waals surface area (Å²) < 4.78 is 2.38. The number of hydrogen-bond donors (Lipinski definition) is 1. The minimum absolute atomic E-state index is 0.0707. The van der Waals surface area contributed by atoms with E-state index in [9.17, 15) is 9.59 Å². The molecule has 1 N–H and O–H groups in total. The highest BCUT2D eigenvalue weighted by molar-refractivity contribution is 6.67. The molecule has 4 nitrogen and oxygen atoms in total. The molecule has 0 aromatic rings. The Kier molecular flexibility index (Phi) is 5.13. The number of alkyl halides is 3. The summed E-state index contributed by atoms with van der Waals surface area (Å²) in [4.78, 5) is 20.2. The van der Waals surface area contributed by atoms with Crippen LogP contribution in [0, 0.1) is 0 Å². The molecule has 0 aliphatic rings. The number of rotatable bonds is 4. The van der Waals surface area contributed by atoms with Gasteiger partial charge in [-0.05, 0) is 0 Å². The molecule has 0 spiro atoms. The number of ether oxygens (including phenoxy) is 1. The molecule has 0 saturated carbocycles. The van der Waals surface area contributed by atoms with Gasteiger partial charge in [0, 0.05) is 6.42 Å². The Hall–Kier alpha value is -0.450. The zero-order valence-corrected chi connectivity index (χ0v) is 8.44. The molecular formula is C6H5Cl3O4. The quantitative estimate of drug-likeness (QED) is 0.357. The first-order valence-corrected chi connectivity index (χ1v) is 4.08. The van der Waals surface area contributed by atoms with Crippen molar-refractivity contribution in [3.63, 3.8) is 0 Å². The number of aliphatic carboxylic acids is 1. The summed E-state index contributed by atoms with van der Waals surface area (Å²) in [6.45, 7) is 0.0707. The maximum atomic E-state index is 10.4. The van der Waals surface area contributed by atoms with Gasteiger partial charge in [0.05, 0.1) is 5.57 Å². The van der Waals surface area contributed by atoms with Crippen molar-refractivity contribution in [1.82, 2.24) is 0 Å². The maximum absolute atomic E-state index is 10.4. The van der Waals surface area contributed by atoms with Gasteiger partial charge in [-0.15, -0.1) is 0 Å². The highest BCUT2D eigenvalue weighted by Gasteiger charge is 2.25. The number of hydrogen-bond acceptors (Lipinski definition) is 3. The van der Waals surface area contributed by atoms with E-state index in [4.69, 9.17) is 39.9 Å². The van der Waals surface area contributed by atoms with Gasteiger partial charge in [0.2, 0.25) is 0 Å². The van der Waals surface area contributed by atoms with Crippen molar-refractivity contribution in [2.24, 2.45) is 0 Å². The van der Waals surface area contributed by atoms with Crippen LogP contribution in [0.5, 0.6) is 0 Å². The van der Waals surface area contributed by atoms with Gasteiger partial charge in [0.15, 0.2) is 3.79 Å². The van der Waals surface area contributed by atoms with E-state index in [1.54, 1.807) is 0 Å². The van der Waals surface area contributed by atoms with E-state index < -0.39 is 9.76 Å². The first-order chi connectivity index (χ1) is 5.87. The van der Waals surface area contributed by atoms with Gasteiger partial charge in [-0.25, -0.2) is 4.79 Å². The predicted molar refractivity (Wildman–Crippen MR) is 47.8 cm³/mol. The van der Waals surface area contributed by atoms with Crippen molar-refractivity contribution in [1.29, 1.82) is 0 Å². The van der Waals surface area contributed by atoms with Gasteiger partial charge in [0.1, 0.15) is 6.26 Å². The Morgan fingerprint density at radius 2 is 2.00 bits per heavy atom. The number of carboxylic acids is 1. The standard InChI is InChI=1S/C6H5Cl3O4/c7-6(8,9)1-4(5(11)12)2-13-3-10/h2-3H,1H2,(H,11,12). The number of carbonyl (C=O) groups is 2. The summed E-state index contributed by atoms with van der Waals surface area (Å²) >= 11 is 16.0. The molecule has 0 atom stereocenters. The largest absolute Gasteiger partial charge is 0.478 e. The second-order valence-electron chi connectivity index (χ2n) is 1.97. The fourth-order valence-electron chi connectivity index (χ4n) is 0.494. The van der Waals surface area contributed by atoms with Crippen LogP contribution in [-0.4, -0.2) is 21.3 Å². The minimum Gasteiger partial charge on any atom is -0.478 e. The fraction of sp³-hybridized carbons (Fsp3) is 0.333. The van der Waals surface area contributed by atoms with Crippen molar-refractivity contribution in [2.45, 2.75) is 10.2 Å². The predicted octanol–water partition coefficient (Wildman–Crippen LogP) is 1.89. The van der Waals surface area contributed by atoms with Crippen LogP contribution in [0.3, 0.4) is 0 Å². The molecular weight excluding hydrogens is 242 g/mol. The van der Waals surface area contributed by atoms with E-state index in [0.717, 1.165) is 6.26 Å². The fourth-order valence-corrected chi connectivity index (χ4v) is 0.925. The zero-order chi connectivity index (χ0) is 10.5. The van der Waals surface area contributed by atoms with E-state index in [2.05, 4.69) is 4.74 Å². The highest BCUT2D eigenvalue weighted by atomic mass is 35.6. The van der Waals surface area contributed by atoms with Crippen LogP contribution >= 0.6 is 34.8 Å². The molecule has 0 aliphatic heterocycles. The lowest BCUT2D eigenvalue weighted by Gasteiger charge is -2.09. The minimum atomic E-state index is -1.73. The lowest BCUT2D eigenvalue weighted by atomic mass is 10.2. The van der Waals surface area contributed by atoms with Crippen LogP contribution in [-0.2, 0) is 14.3 Å². The van der Waals surface area contributed by atoms with Crippen molar-refractivity contribution >= 4 is 47.2 Å². The molecule has 74 valence electrons.